The van der Waals surface area contributed by atoms with Crippen LogP contribution in [0, 0.1) is 0 Å². The van der Waals surface area contributed by atoms with E-state index >= 15 is 0 Å². The second-order valence-electron chi connectivity index (χ2n) is 5.44. The fourth-order valence-electron chi connectivity index (χ4n) is 3.03. The van der Waals surface area contributed by atoms with Gasteiger partial charge in [0.05, 0.1) is 14.2 Å². The molecule has 2 aromatic heterocycles. The van der Waals surface area contributed by atoms with Crippen LogP contribution >= 0.6 is 22.7 Å². The van der Waals surface area contributed by atoms with Crippen LogP contribution in [0.2, 0.25) is 0 Å². The molecule has 0 fully saturated rings. The molecule has 0 radical (unpaired) electrons. The summed E-state index contributed by atoms with van der Waals surface area (Å²) in [5, 5.41) is 10.9. The summed E-state index contributed by atoms with van der Waals surface area (Å²) in [4.78, 5) is 0. The zero-order valence-corrected chi connectivity index (χ0v) is 15.0. The predicted molar refractivity (Wildman–Crippen MR) is 104 cm³/mol. The van der Waals surface area contributed by atoms with Crippen molar-refractivity contribution in [2.75, 3.05) is 14.2 Å². The number of hydrogen-bond acceptors (Lipinski definition) is 4. The second kappa shape index (κ2) is 6.30. The van der Waals surface area contributed by atoms with Gasteiger partial charge < -0.3 is 9.47 Å². The highest BCUT2D eigenvalue weighted by molar-refractivity contribution is 7.08. The van der Waals surface area contributed by atoms with Crippen LogP contribution in [-0.2, 0) is 0 Å². The Hall–Kier alpha value is -2.30. The van der Waals surface area contributed by atoms with Crippen molar-refractivity contribution in [1.82, 2.24) is 0 Å². The molecule has 0 atom stereocenters. The van der Waals surface area contributed by atoms with Gasteiger partial charge in [0.2, 0.25) is 0 Å². The molecule has 0 bridgehead atoms. The van der Waals surface area contributed by atoms with Gasteiger partial charge in [0.15, 0.2) is 0 Å². The van der Waals surface area contributed by atoms with Crippen molar-refractivity contribution in [3.05, 3.63) is 57.9 Å². The molecular formula is C20H16O2S2. The number of methoxy groups -OCH3 is 2. The molecule has 4 heteroatoms. The monoisotopic (exact) mass is 352 g/mol. The van der Waals surface area contributed by atoms with E-state index in [1.807, 2.05) is 6.07 Å². The van der Waals surface area contributed by atoms with Crippen molar-refractivity contribution in [1.29, 1.82) is 0 Å². The van der Waals surface area contributed by atoms with Crippen LogP contribution in [0.25, 0.3) is 33.0 Å². The molecule has 0 amide bonds. The lowest BCUT2D eigenvalue weighted by Gasteiger charge is -2.16. The van der Waals surface area contributed by atoms with E-state index in [1.54, 1.807) is 36.9 Å². The zero-order valence-electron chi connectivity index (χ0n) is 13.4. The minimum atomic E-state index is 0.861. The molecule has 24 heavy (non-hydrogen) atoms. The van der Waals surface area contributed by atoms with Crippen molar-refractivity contribution in [2.24, 2.45) is 0 Å². The first kappa shape index (κ1) is 15.2. The van der Waals surface area contributed by atoms with Crippen LogP contribution < -0.4 is 9.47 Å². The summed E-state index contributed by atoms with van der Waals surface area (Å²) < 4.78 is 11.2. The number of benzene rings is 2. The number of fused-ring (bicyclic) bond motifs is 1. The number of thiophene rings is 2. The highest BCUT2D eigenvalue weighted by Gasteiger charge is 2.16. The summed E-state index contributed by atoms with van der Waals surface area (Å²) in [5.41, 5.74) is 4.69. The maximum atomic E-state index is 5.75. The van der Waals surface area contributed by atoms with E-state index in [0.717, 1.165) is 17.1 Å². The van der Waals surface area contributed by atoms with Crippen LogP contribution in [-0.4, -0.2) is 14.2 Å². The van der Waals surface area contributed by atoms with Gasteiger partial charge in [0.25, 0.3) is 0 Å². The molecule has 0 N–H and O–H groups in total. The molecule has 2 aromatic carbocycles. The summed E-state index contributed by atoms with van der Waals surface area (Å²) in [6.07, 6.45) is 0. The lowest BCUT2D eigenvalue weighted by Crippen LogP contribution is -1.92. The standard InChI is InChI=1S/C20H16O2S2/c1-21-15-3-4-16-18(9-15)17(13-5-7-23-11-13)10-19(22-2)20(16)14-6-8-24-12-14/h3-12H,1-2H3. The minimum Gasteiger partial charge on any atom is -0.497 e. The lowest BCUT2D eigenvalue weighted by atomic mass is 9.93. The predicted octanol–water partition coefficient (Wildman–Crippen LogP) is 6.31. The minimum absolute atomic E-state index is 0.861. The van der Waals surface area contributed by atoms with E-state index in [0.29, 0.717) is 0 Å². The van der Waals surface area contributed by atoms with Gasteiger partial charge in [-0.05, 0) is 85.4 Å². The Labute approximate surface area is 148 Å². The van der Waals surface area contributed by atoms with E-state index in [2.05, 4.69) is 51.9 Å². The third-order valence-corrected chi connectivity index (χ3v) is 5.54. The Morgan fingerprint density at radius 1 is 0.750 bits per heavy atom. The van der Waals surface area contributed by atoms with Gasteiger partial charge in [-0.3, -0.25) is 0 Å². The highest BCUT2D eigenvalue weighted by atomic mass is 32.1. The SMILES string of the molecule is COc1ccc2c(-c3ccsc3)c(OC)cc(-c3ccsc3)c2c1. The van der Waals surface area contributed by atoms with Crippen LogP contribution in [0.1, 0.15) is 0 Å². The summed E-state index contributed by atoms with van der Waals surface area (Å²) >= 11 is 3.39. The second-order valence-corrected chi connectivity index (χ2v) is 7.00. The van der Waals surface area contributed by atoms with Crippen molar-refractivity contribution in [2.45, 2.75) is 0 Å². The van der Waals surface area contributed by atoms with E-state index in [9.17, 15) is 0 Å². The Morgan fingerprint density at radius 2 is 1.50 bits per heavy atom. The van der Waals surface area contributed by atoms with Crippen LogP contribution in [0.15, 0.2) is 57.9 Å². The summed E-state index contributed by atoms with van der Waals surface area (Å²) in [6, 6.07) is 12.7. The molecule has 0 aliphatic heterocycles. The molecule has 0 unspecified atom stereocenters. The molecule has 4 aromatic rings. The van der Waals surface area contributed by atoms with E-state index in [1.165, 1.54) is 27.5 Å². The zero-order chi connectivity index (χ0) is 16.5. The number of rotatable bonds is 4. The third-order valence-electron chi connectivity index (χ3n) is 4.17. The van der Waals surface area contributed by atoms with Gasteiger partial charge >= 0.3 is 0 Å². The average Bonchev–Trinajstić information content (AvgIpc) is 3.33. The molecule has 120 valence electrons. The molecule has 0 saturated heterocycles. The van der Waals surface area contributed by atoms with E-state index in [-0.39, 0.29) is 0 Å². The van der Waals surface area contributed by atoms with Gasteiger partial charge in [-0.25, -0.2) is 0 Å². The maximum absolute atomic E-state index is 5.75. The Bertz CT molecular complexity index is 971. The molecule has 4 rings (SSSR count). The molecule has 0 aliphatic carbocycles. The average molecular weight is 352 g/mol. The first-order chi connectivity index (χ1) is 11.8. The molecule has 0 aliphatic rings. The van der Waals surface area contributed by atoms with Crippen LogP contribution in [0.4, 0.5) is 0 Å². The molecule has 2 nitrogen and oxygen atoms in total. The molecule has 0 spiro atoms. The van der Waals surface area contributed by atoms with Crippen molar-refractivity contribution in [3.63, 3.8) is 0 Å². The molecule has 2 heterocycles. The van der Waals surface area contributed by atoms with Crippen molar-refractivity contribution >= 4 is 33.4 Å². The quantitative estimate of drug-likeness (QED) is 0.428. The van der Waals surface area contributed by atoms with Gasteiger partial charge in [0.1, 0.15) is 11.5 Å². The van der Waals surface area contributed by atoms with Gasteiger partial charge in [-0.2, -0.15) is 22.7 Å². The fourth-order valence-corrected chi connectivity index (χ4v) is 4.33. The molecule has 0 saturated carbocycles. The molecular weight excluding hydrogens is 336 g/mol. The normalized spacial score (nSPS) is 10.9. The maximum Gasteiger partial charge on any atom is 0.127 e. The van der Waals surface area contributed by atoms with Crippen molar-refractivity contribution < 1.29 is 9.47 Å². The Balaban J connectivity index is 2.12. The first-order valence-electron chi connectivity index (χ1n) is 7.55. The smallest absolute Gasteiger partial charge is 0.127 e. The largest absolute Gasteiger partial charge is 0.497 e. The highest BCUT2D eigenvalue weighted by Crippen LogP contribution is 2.44. The van der Waals surface area contributed by atoms with Gasteiger partial charge in [0, 0.05) is 5.56 Å². The summed E-state index contributed by atoms with van der Waals surface area (Å²) in [6.45, 7) is 0. The first-order valence-corrected chi connectivity index (χ1v) is 9.44. The number of hydrogen-bond donors (Lipinski definition) is 0. The Kier molecular flexibility index (Phi) is 4.00. The van der Waals surface area contributed by atoms with Crippen molar-refractivity contribution in [3.8, 4) is 33.8 Å². The van der Waals surface area contributed by atoms with E-state index < -0.39 is 0 Å². The fraction of sp³-hybridized carbons (Fsp3) is 0.100. The third kappa shape index (κ3) is 2.48. The lowest BCUT2D eigenvalue weighted by molar-refractivity contribution is 0.415. The Morgan fingerprint density at radius 3 is 2.12 bits per heavy atom. The summed E-state index contributed by atoms with van der Waals surface area (Å²) in [7, 11) is 3.44. The number of ether oxygens (including phenoxy) is 2. The van der Waals surface area contributed by atoms with Crippen LogP contribution in [0.3, 0.4) is 0 Å². The van der Waals surface area contributed by atoms with E-state index in [4.69, 9.17) is 9.47 Å². The van der Waals surface area contributed by atoms with Crippen LogP contribution in [0.5, 0.6) is 11.5 Å². The van der Waals surface area contributed by atoms with Gasteiger partial charge in [-0.15, -0.1) is 0 Å². The van der Waals surface area contributed by atoms with Gasteiger partial charge in [-0.1, -0.05) is 0 Å². The topological polar surface area (TPSA) is 18.5 Å². The summed E-state index contributed by atoms with van der Waals surface area (Å²) in [5.74, 6) is 1.76.